The fourth-order valence-electron chi connectivity index (χ4n) is 10.7. The number of para-hydroxylation sites is 3. The lowest BCUT2D eigenvalue weighted by atomic mass is 9.83. The van der Waals surface area contributed by atoms with Crippen LogP contribution >= 0.6 is 11.3 Å². The molecule has 12 aromatic rings. The number of benzene rings is 8. The summed E-state index contributed by atoms with van der Waals surface area (Å²) in [5.41, 5.74) is 15.0. The van der Waals surface area contributed by atoms with Gasteiger partial charge in [0.15, 0.2) is 0 Å². The van der Waals surface area contributed by atoms with Gasteiger partial charge >= 0.3 is 0 Å². The average Bonchev–Trinajstić information content (AvgIpc) is 4.06. The molecule has 0 N–H and O–H groups in total. The number of fused-ring (bicyclic) bond motifs is 11. The monoisotopic (exact) mass is 846 g/mol. The number of rotatable bonds is 5. The highest BCUT2D eigenvalue weighted by molar-refractivity contribution is 7.23. The number of thiophene rings is 1. The van der Waals surface area contributed by atoms with Crippen molar-refractivity contribution in [3.05, 3.63) is 223 Å². The van der Waals surface area contributed by atoms with Crippen molar-refractivity contribution in [1.82, 2.24) is 19.1 Å². The van der Waals surface area contributed by atoms with Crippen LogP contribution in [-0.2, 0) is 6.42 Å². The van der Waals surface area contributed by atoms with Gasteiger partial charge in [0, 0.05) is 53.9 Å². The summed E-state index contributed by atoms with van der Waals surface area (Å²) in [6, 6.07) is 66.0. The molecule has 0 radical (unpaired) electrons. The van der Waals surface area contributed by atoms with Gasteiger partial charge in [0.1, 0.15) is 0 Å². The summed E-state index contributed by atoms with van der Waals surface area (Å²) in [5, 5.41) is 8.51. The first-order chi connectivity index (χ1) is 32.2. The lowest BCUT2D eigenvalue weighted by molar-refractivity contribution is 0.756. The van der Waals surface area contributed by atoms with E-state index in [2.05, 4.69) is 222 Å². The van der Waals surface area contributed by atoms with E-state index in [4.69, 9.17) is 9.97 Å². The van der Waals surface area contributed by atoms with Crippen LogP contribution in [-0.4, -0.2) is 19.1 Å². The van der Waals surface area contributed by atoms with Gasteiger partial charge in [0.05, 0.1) is 33.5 Å². The maximum atomic E-state index is 5.64. The summed E-state index contributed by atoms with van der Waals surface area (Å²) in [6.45, 7) is 0. The fraction of sp³-hybridized carbons (Fsp3) is 0.0333. The molecule has 1 unspecified atom stereocenters. The molecule has 304 valence electrons. The van der Waals surface area contributed by atoms with E-state index < -0.39 is 0 Å². The van der Waals surface area contributed by atoms with Crippen molar-refractivity contribution >= 4 is 81.9 Å². The quantitative estimate of drug-likeness (QED) is 0.173. The first-order valence-corrected chi connectivity index (χ1v) is 23.2. The zero-order chi connectivity index (χ0) is 42.6. The molecule has 0 spiro atoms. The van der Waals surface area contributed by atoms with Gasteiger partial charge in [-0.15, -0.1) is 11.3 Å². The molecule has 4 nitrogen and oxygen atoms in total. The van der Waals surface area contributed by atoms with Crippen molar-refractivity contribution in [3.8, 4) is 44.5 Å². The van der Waals surface area contributed by atoms with E-state index in [1.807, 2.05) is 11.3 Å². The Hall–Kier alpha value is -8.12. The predicted molar refractivity (Wildman–Crippen MR) is 273 cm³/mol. The van der Waals surface area contributed by atoms with Crippen LogP contribution in [0.25, 0.3) is 115 Å². The Kier molecular flexibility index (Phi) is 7.94. The Morgan fingerprint density at radius 3 is 2.20 bits per heavy atom. The first kappa shape index (κ1) is 36.4. The third-order valence-electron chi connectivity index (χ3n) is 13.7. The van der Waals surface area contributed by atoms with Gasteiger partial charge in [-0.25, -0.2) is 9.97 Å². The molecule has 8 aromatic carbocycles. The molecule has 14 rings (SSSR count). The summed E-state index contributed by atoms with van der Waals surface area (Å²) in [4.78, 5) is 12.4. The molecule has 0 saturated heterocycles. The molecule has 4 aromatic heterocycles. The molecule has 2 aliphatic rings. The summed E-state index contributed by atoms with van der Waals surface area (Å²) < 4.78 is 5.96. The van der Waals surface area contributed by atoms with Crippen LogP contribution in [0.5, 0.6) is 0 Å². The number of hydrogen-bond acceptors (Lipinski definition) is 3. The van der Waals surface area contributed by atoms with E-state index in [1.54, 1.807) is 0 Å². The van der Waals surface area contributed by atoms with Gasteiger partial charge in [-0.1, -0.05) is 164 Å². The highest BCUT2D eigenvalue weighted by atomic mass is 32.1. The maximum absolute atomic E-state index is 5.64. The molecular weight excluding hydrogens is 809 g/mol. The van der Waals surface area contributed by atoms with Crippen molar-refractivity contribution in [3.63, 3.8) is 0 Å². The maximum Gasteiger partial charge on any atom is 0.235 e. The van der Waals surface area contributed by atoms with Crippen molar-refractivity contribution in [1.29, 1.82) is 0 Å². The third kappa shape index (κ3) is 5.56. The molecular formula is C60H38N4S. The Bertz CT molecular complexity index is 4030. The minimum Gasteiger partial charge on any atom is -0.309 e. The van der Waals surface area contributed by atoms with Crippen LogP contribution in [0, 0.1) is 5.92 Å². The fourth-order valence-corrected chi connectivity index (χ4v) is 12.0. The van der Waals surface area contributed by atoms with Gasteiger partial charge in [0.25, 0.3) is 0 Å². The largest absolute Gasteiger partial charge is 0.309 e. The smallest absolute Gasteiger partial charge is 0.235 e. The minimum absolute atomic E-state index is 0.305. The molecule has 4 heterocycles. The molecule has 0 aliphatic heterocycles. The number of allylic oxidation sites excluding steroid dienone is 5. The number of aromatic nitrogens is 4. The second-order valence-electron chi connectivity index (χ2n) is 17.3. The molecule has 5 heteroatoms. The van der Waals surface area contributed by atoms with Crippen LogP contribution in [0.15, 0.2) is 212 Å². The highest BCUT2D eigenvalue weighted by Crippen LogP contribution is 2.46. The van der Waals surface area contributed by atoms with Gasteiger partial charge in [-0.3, -0.25) is 4.57 Å². The Balaban J connectivity index is 1.02. The van der Waals surface area contributed by atoms with E-state index in [1.165, 1.54) is 80.8 Å². The van der Waals surface area contributed by atoms with Crippen LogP contribution in [0.4, 0.5) is 0 Å². The van der Waals surface area contributed by atoms with Crippen LogP contribution in [0.1, 0.15) is 11.3 Å². The Labute approximate surface area is 379 Å². The van der Waals surface area contributed by atoms with E-state index in [0.29, 0.717) is 11.9 Å². The van der Waals surface area contributed by atoms with Gasteiger partial charge in [-0.2, -0.15) is 0 Å². The predicted octanol–water partition coefficient (Wildman–Crippen LogP) is 15.7. The molecule has 1 atom stereocenters. The Morgan fingerprint density at radius 1 is 0.538 bits per heavy atom. The molecule has 2 aliphatic carbocycles. The van der Waals surface area contributed by atoms with Gasteiger partial charge < -0.3 is 4.57 Å². The Morgan fingerprint density at radius 2 is 1.29 bits per heavy atom. The summed E-state index contributed by atoms with van der Waals surface area (Å²) in [7, 11) is 0. The second-order valence-corrected chi connectivity index (χ2v) is 18.3. The van der Waals surface area contributed by atoms with Crippen molar-refractivity contribution in [2.24, 2.45) is 5.92 Å². The molecule has 65 heavy (non-hydrogen) atoms. The van der Waals surface area contributed by atoms with Crippen LogP contribution in [0.3, 0.4) is 0 Å². The standard InChI is InChI=1S/C60H38N4S/c1-3-16-38(17-4-1)57-56-51(31-29-42-36-55(65-59(42)56)47-26-13-20-37-15-9-10-23-44(37)47)61-60(62-57)64-53-32-30-41(34-49(53)50-33-39-18-7-8-19-40(39)35-54(50)64)45-25-14-27-48-46-24-11-12-28-52(46)63(58(45)48)43-21-5-2-6-22-43/h1-32,34-36,39H,33H2. The van der Waals surface area contributed by atoms with E-state index >= 15 is 0 Å². The number of nitrogens with zero attached hydrogens (tertiary/aromatic N) is 4. The highest BCUT2D eigenvalue weighted by Gasteiger charge is 2.29. The first-order valence-electron chi connectivity index (χ1n) is 22.3. The molecule has 0 bridgehead atoms. The van der Waals surface area contributed by atoms with Gasteiger partial charge in [-0.05, 0) is 93.4 Å². The van der Waals surface area contributed by atoms with E-state index in [0.717, 1.165) is 45.5 Å². The lowest BCUT2D eigenvalue weighted by Gasteiger charge is -2.23. The van der Waals surface area contributed by atoms with Gasteiger partial charge in [0.2, 0.25) is 5.95 Å². The zero-order valence-corrected chi connectivity index (χ0v) is 36.0. The van der Waals surface area contributed by atoms with Crippen molar-refractivity contribution in [2.45, 2.75) is 6.42 Å². The van der Waals surface area contributed by atoms with E-state index in [-0.39, 0.29) is 0 Å². The minimum atomic E-state index is 0.305. The lowest BCUT2D eigenvalue weighted by Crippen LogP contribution is -2.13. The second kappa shape index (κ2) is 14.2. The SMILES string of the molecule is C1=CC2=Cc3c(c4cc(-c5cccc6c7ccccc7n(-c7ccccc7)c56)ccc4n3-c3nc(-c4ccccc4)c4c(ccc5cc(-c6cccc7ccccc67)sc54)n3)CC2C=C1. The molecule has 0 fully saturated rings. The molecule has 0 amide bonds. The van der Waals surface area contributed by atoms with Crippen molar-refractivity contribution < 1.29 is 0 Å². The third-order valence-corrected chi connectivity index (χ3v) is 14.9. The van der Waals surface area contributed by atoms with Crippen LogP contribution in [0.2, 0.25) is 0 Å². The van der Waals surface area contributed by atoms with Crippen molar-refractivity contribution in [2.75, 3.05) is 0 Å². The average molecular weight is 847 g/mol. The summed E-state index contributed by atoms with van der Waals surface area (Å²) >= 11 is 1.83. The van der Waals surface area contributed by atoms with E-state index in [9.17, 15) is 0 Å². The van der Waals surface area contributed by atoms with Crippen LogP contribution < -0.4 is 0 Å². The zero-order valence-electron chi connectivity index (χ0n) is 35.2. The summed E-state index contributed by atoms with van der Waals surface area (Å²) in [6.07, 6.45) is 12.2. The molecule has 0 saturated carbocycles. The summed E-state index contributed by atoms with van der Waals surface area (Å²) in [5.74, 6) is 0.983. The topological polar surface area (TPSA) is 35.6 Å². The normalized spacial score (nSPS) is 14.5. The number of hydrogen-bond donors (Lipinski definition) is 0.